The number of aromatic hydroxyl groups is 1. The van der Waals surface area contributed by atoms with Crippen LogP contribution in [-0.2, 0) is 19.0 Å². The topological polar surface area (TPSA) is 113 Å². The summed E-state index contributed by atoms with van der Waals surface area (Å²) in [7, 11) is 0.0785. The van der Waals surface area contributed by atoms with Crippen molar-refractivity contribution in [3.05, 3.63) is 46.5 Å². The molecule has 0 unspecified atom stereocenters. The first-order valence-electron chi connectivity index (χ1n) is 11.7. The lowest BCUT2D eigenvalue weighted by molar-refractivity contribution is -0.137. The molecule has 1 aromatic carbocycles. The average Bonchev–Trinajstić information content (AvgIpc) is 3.06. The molecular formula is C25H30BNO7. The summed E-state index contributed by atoms with van der Waals surface area (Å²) in [5.74, 6) is -2.57. The van der Waals surface area contributed by atoms with Gasteiger partial charge in [0.1, 0.15) is 5.75 Å². The minimum atomic E-state index is -1.06. The number of phenolic OH excluding ortho intramolecular Hbond substituents is 1. The fraction of sp³-hybridized carbons (Fsp3) is 0.480. The first-order chi connectivity index (χ1) is 16.3. The van der Waals surface area contributed by atoms with E-state index in [4.69, 9.17) is 4.65 Å². The summed E-state index contributed by atoms with van der Waals surface area (Å²) in [5.41, 5.74) is 3.80. The molecule has 0 aromatic heterocycles. The van der Waals surface area contributed by atoms with Crippen molar-refractivity contribution in [2.45, 2.75) is 52.0 Å². The van der Waals surface area contributed by atoms with Crippen molar-refractivity contribution in [2.24, 2.45) is 17.8 Å². The van der Waals surface area contributed by atoms with Gasteiger partial charge in [0.2, 0.25) is 11.8 Å². The number of para-hydroxylation sites is 1. The number of nitrogens with zero attached hydrogens (tertiary/aromatic N) is 1. The molecule has 0 radical (unpaired) electrons. The lowest BCUT2D eigenvalue weighted by atomic mass is 9.59. The molecule has 2 saturated heterocycles. The van der Waals surface area contributed by atoms with Crippen LogP contribution in [0.2, 0.25) is 6.32 Å². The highest BCUT2D eigenvalue weighted by Gasteiger charge is 2.58. The molecule has 34 heavy (non-hydrogen) atoms. The highest BCUT2D eigenvalue weighted by atomic mass is 16.5. The van der Waals surface area contributed by atoms with E-state index in [-0.39, 0.29) is 18.0 Å². The molecule has 180 valence electrons. The fourth-order valence-corrected chi connectivity index (χ4v) is 5.69. The van der Waals surface area contributed by atoms with Gasteiger partial charge in [-0.05, 0) is 56.5 Å². The summed E-state index contributed by atoms with van der Waals surface area (Å²) in [6, 6.07) is 7.14. The second-order valence-corrected chi connectivity index (χ2v) is 9.23. The lowest BCUT2D eigenvalue weighted by Gasteiger charge is -2.42. The average molecular weight is 467 g/mol. The molecule has 1 aliphatic carbocycles. The Bertz CT molecular complexity index is 1070. The van der Waals surface area contributed by atoms with Gasteiger partial charge in [-0.1, -0.05) is 42.3 Å². The Morgan fingerprint density at radius 2 is 2.00 bits per heavy atom. The SMILES string of the molecule is CC/C(=C\c1ccccc1O)CC[C@H]1OB(O)C[C@H]2C1=C(C)C[C@H]1C(=O)N(C(=O)OC)C(=O)[C@H]12. The third-order valence-electron chi connectivity index (χ3n) is 7.29. The summed E-state index contributed by atoms with van der Waals surface area (Å²) in [6.07, 6.45) is 3.24. The first kappa shape index (κ1) is 24.2. The van der Waals surface area contributed by atoms with E-state index in [1.807, 2.05) is 32.1 Å². The van der Waals surface area contributed by atoms with Gasteiger partial charge in [-0.2, -0.15) is 4.90 Å². The number of methoxy groups -OCH3 is 1. The van der Waals surface area contributed by atoms with Crippen molar-refractivity contribution in [2.75, 3.05) is 7.11 Å². The zero-order chi connectivity index (χ0) is 24.6. The molecule has 3 aliphatic rings. The smallest absolute Gasteiger partial charge is 0.455 e. The minimum absolute atomic E-state index is 0.201. The molecular weight excluding hydrogens is 437 g/mol. The molecule has 0 saturated carbocycles. The summed E-state index contributed by atoms with van der Waals surface area (Å²) in [6.45, 7) is 3.98. The molecule has 2 aliphatic heterocycles. The Hall–Kier alpha value is -2.91. The number of carbonyl (C=O) groups excluding carboxylic acids is 3. The van der Waals surface area contributed by atoms with Crippen LogP contribution >= 0.6 is 0 Å². The van der Waals surface area contributed by atoms with Crippen LogP contribution in [-0.4, -0.2) is 53.3 Å². The van der Waals surface area contributed by atoms with E-state index in [9.17, 15) is 24.5 Å². The van der Waals surface area contributed by atoms with Crippen molar-refractivity contribution in [1.29, 1.82) is 0 Å². The van der Waals surface area contributed by atoms with Crippen molar-refractivity contribution in [3.8, 4) is 5.75 Å². The Morgan fingerprint density at radius 1 is 1.26 bits per heavy atom. The van der Waals surface area contributed by atoms with Crippen LogP contribution in [0.1, 0.15) is 45.1 Å². The largest absolute Gasteiger partial charge is 0.507 e. The Labute approximate surface area is 199 Å². The summed E-state index contributed by atoms with van der Waals surface area (Å²) in [4.78, 5) is 38.6. The number of hydrogen-bond donors (Lipinski definition) is 2. The van der Waals surface area contributed by atoms with Crippen LogP contribution in [0.25, 0.3) is 6.08 Å². The maximum Gasteiger partial charge on any atom is 0.455 e. The first-order valence-corrected chi connectivity index (χ1v) is 11.7. The number of carbonyl (C=O) groups is 3. The van der Waals surface area contributed by atoms with Crippen LogP contribution in [0.4, 0.5) is 4.79 Å². The number of imide groups is 3. The van der Waals surface area contributed by atoms with E-state index in [2.05, 4.69) is 4.74 Å². The molecule has 9 heteroatoms. The highest BCUT2D eigenvalue weighted by molar-refractivity contribution is 6.43. The molecule has 0 bridgehead atoms. The van der Waals surface area contributed by atoms with E-state index in [1.165, 1.54) is 0 Å². The summed E-state index contributed by atoms with van der Waals surface area (Å²) in [5, 5.41) is 20.6. The lowest BCUT2D eigenvalue weighted by Crippen LogP contribution is -2.46. The van der Waals surface area contributed by atoms with Gasteiger partial charge in [-0.25, -0.2) is 4.79 Å². The zero-order valence-corrected chi connectivity index (χ0v) is 19.7. The molecule has 2 fully saturated rings. The van der Waals surface area contributed by atoms with Gasteiger partial charge in [0.25, 0.3) is 0 Å². The molecule has 0 spiro atoms. The Balaban J connectivity index is 1.58. The molecule has 4 rings (SSSR count). The number of phenols is 1. The van der Waals surface area contributed by atoms with Crippen molar-refractivity contribution < 1.29 is 33.9 Å². The maximum absolute atomic E-state index is 13.1. The summed E-state index contributed by atoms with van der Waals surface area (Å²) >= 11 is 0. The number of fused-ring (bicyclic) bond motifs is 3. The third kappa shape index (κ3) is 4.30. The Kier molecular flexibility index (Phi) is 6.95. The van der Waals surface area contributed by atoms with Gasteiger partial charge in [0.15, 0.2) is 0 Å². The number of hydrogen-bond acceptors (Lipinski definition) is 7. The number of rotatable bonds is 5. The normalized spacial score (nSPS) is 27.1. The van der Waals surface area contributed by atoms with Crippen molar-refractivity contribution in [1.82, 2.24) is 4.90 Å². The van der Waals surface area contributed by atoms with Gasteiger partial charge >= 0.3 is 13.2 Å². The van der Waals surface area contributed by atoms with E-state index in [0.717, 1.165) is 35.8 Å². The molecule has 2 heterocycles. The molecule has 8 nitrogen and oxygen atoms in total. The van der Waals surface area contributed by atoms with Gasteiger partial charge in [-0.15, -0.1) is 0 Å². The number of ether oxygens (including phenoxy) is 1. The monoisotopic (exact) mass is 467 g/mol. The predicted octanol–water partition coefficient (Wildman–Crippen LogP) is 3.55. The predicted molar refractivity (Wildman–Crippen MR) is 125 cm³/mol. The van der Waals surface area contributed by atoms with E-state index in [0.29, 0.717) is 24.2 Å². The minimum Gasteiger partial charge on any atom is -0.507 e. The Morgan fingerprint density at radius 3 is 2.68 bits per heavy atom. The van der Waals surface area contributed by atoms with E-state index < -0.39 is 43.0 Å². The maximum atomic E-state index is 13.1. The summed E-state index contributed by atoms with van der Waals surface area (Å²) < 4.78 is 10.6. The molecule has 2 N–H and O–H groups in total. The second kappa shape index (κ2) is 9.76. The van der Waals surface area contributed by atoms with Crippen LogP contribution < -0.4 is 0 Å². The van der Waals surface area contributed by atoms with Crippen LogP contribution in [0.15, 0.2) is 41.0 Å². The van der Waals surface area contributed by atoms with Crippen LogP contribution in [0.3, 0.4) is 0 Å². The van der Waals surface area contributed by atoms with Gasteiger partial charge < -0.3 is 19.5 Å². The molecule has 1 aromatic rings. The number of allylic oxidation sites excluding steroid dienone is 2. The van der Waals surface area contributed by atoms with E-state index in [1.54, 1.807) is 12.1 Å². The molecule has 3 amide bonds. The van der Waals surface area contributed by atoms with Crippen LogP contribution in [0.5, 0.6) is 5.75 Å². The quantitative estimate of drug-likeness (QED) is 0.387. The standard InChI is InChI=1S/C25H30BNO7/c1-4-15(12-16-7-5-6-8-19(16)28)9-10-20-21-14(2)11-17-22(18(21)13-26(32)34-20)24(30)27(23(17)29)25(31)33-3/h5-8,12,17-18,20,22,28,32H,4,9-11,13H2,1-3H3/b15-12+/t17-,18+,20-,22-/m1/s1. The second-order valence-electron chi connectivity index (χ2n) is 9.23. The third-order valence-corrected chi connectivity index (χ3v) is 7.29. The van der Waals surface area contributed by atoms with E-state index >= 15 is 0 Å². The van der Waals surface area contributed by atoms with Gasteiger partial charge in [0.05, 0.1) is 25.0 Å². The highest BCUT2D eigenvalue weighted by Crippen LogP contribution is 2.50. The fourth-order valence-electron chi connectivity index (χ4n) is 5.69. The molecule has 4 atom stereocenters. The van der Waals surface area contributed by atoms with Gasteiger partial charge in [-0.3, -0.25) is 9.59 Å². The van der Waals surface area contributed by atoms with Crippen molar-refractivity contribution in [3.63, 3.8) is 0 Å². The number of amides is 3. The zero-order valence-electron chi connectivity index (χ0n) is 19.7. The van der Waals surface area contributed by atoms with Gasteiger partial charge in [0, 0.05) is 5.56 Å². The number of likely N-dealkylation sites (tertiary alicyclic amines) is 1. The van der Waals surface area contributed by atoms with Crippen LogP contribution in [0, 0.1) is 17.8 Å². The number of benzene rings is 1. The van der Waals surface area contributed by atoms with Crippen molar-refractivity contribution >= 4 is 31.1 Å².